The molecule has 1 saturated carbocycles. The molecule has 2 fully saturated rings. The Morgan fingerprint density at radius 1 is 0.655 bits per heavy atom. The standard InChI is InChI=1S/C28H39N/c1-27(2)19-26(20-28(3,4)29-27)25-17-15-24(16-18-25)23-13-11-22(12-14-23)21-9-7-5-6-8-10-21/h5-10,15-18,21-23,26,29H,11-14,19-20H2,1-4H3. The summed E-state index contributed by atoms with van der Waals surface area (Å²) in [5.74, 6) is 2.85. The molecule has 1 aromatic carbocycles. The monoisotopic (exact) mass is 389 g/mol. The molecule has 0 atom stereocenters. The third-order valence-corrected chi connectivity index (χ3v) is 7.39. The van der Waals surface area contributed by atoms with Gasteiger partial charge in [0.25, 0.3) is 0 Å². The molecule has 29 heavy (non-hydrogen) atoms. The highest BCUT2D eigenvalue weighted by atomic mass is 15.0. The number of hydrogen-bond donors (Lipinski definition) is 1. The van der Waals surface area contributed by atoms with Gasteiger partial charge in [0.1, 0.15) is 0 Å². The summed E-state index contributed by atoms with van der Waals surface area (Å²) in [6, 6.07) is 9.76. The third kappa shape index (κ3) is 5.12. The molecule has 1 saturated heterocycles. The van der Waals surface area contributed by atoms with Crippen molar-refractivity contribution in [2.45, 2.75) is 89.1 Å². The SMILES string of the molecule is CC1(C)CC(c2ccc(C3CCC(C4C=CC=CC=C4)CC3)cc2)CC(C)(C)N1. The van der Waals surface area contributed by atoms with E-state index in [1.165, 1.54) is 44.1 Å². The fourth-order valence-corrected chi connectivity index (χ4v) is 6.33. The van der Waals surface area contributed by atoms with Crippen molar-refractivity contribution in [3.8, 4) is 0 Å². The summed E-state index contributed by atoms with van der Waals surface area (Å²) in [6.07, 6.45) is 21.3. The fraction of sp³-hybridized carbons (Fsp3) is 0.571. The zero-order valence-corrected chi connectivity index (χ0v) is 18.8. The second kappa shape index (κ2) is 8.26. The van der Waals surface area contributed by atoms with E-state index < -0.39 is 0 Å². The van der Waals surface area contributed by atoms with E-state index in [2.05, 4.69) is 93.7 Å². The van der Waals surface area contributed by atoms with Crippen LogP contribution in [0.5, 0.6) is 0 Å². The van der Waals surface area contributed by atoms with Gasteiger partial charge in [-0.2, -0.15) is 0 Å². The van der Waals surface area contributed by atoms with Crippen molar-refractivity contribution in [1.82, 2.24) is 5.32 Å². The minimum absolute atomic E-state index is 0.208. The number of allylic oxidation sites excluding steroid dienone is 6. The quantitative estimate of drug-likeness (QED) is 0.572. The Morgan fingerprint density at radius 3 is 1.66 bits per heavy atom. The van der Waals surface area contributed by atoms with E-state index in [9.17, 15) is 0 Å². The molecule has 1 N–H and O–H groups in total. The van der Waals surface area contributed by atoms with Gasteiger partial charge < -0.3 is 5.32 Å². The second-order valence-corrected chi connectivity index (χ2v) is 11.0. The van der Waals surface area contributed by atoms with E-state index in [0.717, 1.165) is 11.8 Å². The lowest BCUT2D eigenvalue weighted by Gasteiger charge is -2.46. The molecule has 0 bridgehead atoms. The van der Waals surface area contributed by atoms with Gasteiger partial charge in [-0.1, -0.05) is 60.7 Å². The van der Waals surface area contributed by atoms with Crippen molar-refractivity contribution >= 4 is 0 Å². The van der Waals surface area contributed by atoms with Gasteiger partial charge in [0.15, 0.2) is 0 Å². The van der Waals surface area contributed by atoms with Crippen LogP contribution in [-0.2, 0) is 0 Å². The molecule has 1 aromatic rings. The van der Waals surface area contributed by atoms with E-state index >= 15 is 0 Å². The molecule has 1 heteroatoms. The summed E-state index contributed by atoms with van der Waals surface area (Å²) < 4.78 is 0. The van der Waals surface area contributed by atoms with Crippen LogP contribution in [0.25, 0.3) is 0 Å². The zero-order valence-electron chi connectivity index (χ0n) is 18.8. The average molecular weight is 390 g/mol. The van der Waals surface area contributed by atoms with Crippen LogP contribution in [0.15, 0.2) is 60.7 Å². The zero-order chi connectivity index (χ0) is 20.5. The van der Waals surface area contributed by atoms with Gasteiger partial charge in [-0.3, -0.25) is 0 Å². The van der Waals surface area contributed by atoms with E-state index in [1.807, 2.05) is 0 Å². The highest BCUT2D eigenvalue weighted by molar-refractivity contribution is 5.30. The highest BCUT2D eigenvalue weighted by Gasteiger charge is 2.38. The molecule has 0 amide bonds. The fourth-order valence-electron chi connectivity index (χ4n) is 6.33. The number of nitrogens with one attached hydrogen (secondary N) is 1. The molecule has 3 aliphatic rings. The van der Waals surface area contributed by atoms with Crippen molar-refractivity contribution in [3.05, 3.63) is 71.8 Å². The van der Waals surface area contributed by atoms with Gasteiger partial charge in [0.05, 0.1) is 0 Å². The van der Waals surface area contributed by atoms with Crippen molar-refractivity contribution in [2.24, 2.45) is 11.8 Å². The first-order chi connectivity index (χ1) is 13.8. The topological polar surface area (TPSA) is 12.0 Å². The molecule has 0 radical (unpaired) electrons. The Bertz CT molecular complexity index is 737. The van der Waals surface area contributed by atoms with Crippen molar-refractivity contribution in [1.29, 1.82) is 0 Å². The van der Waals surface area contributed by atoms with E-state index in [-0.39, 0.29) is 11.1 Å². The maximum atomic E-state index is 3.82. The molecule has 1 aliphatic heterocycles. The average Bonchev–Trinajstić information content (AvgIpc) is 2.95. The second-order valence-electron chi connectivity index (χ2n) is 11.0. The maximum absolute atomic E-state index is 3.82. The van der Waals surface area contributed by atoms with Crippen LogP contribution in [0.2, 0.25) is 0 Å². The van der Waals surface area contributed by atoms with Gasteiger partial charge in [-0.15, -0.1) is 0 Å². The molecule has 4 rings (SSSR count). The number of rotatable bonds is 3. The molecule has 1 nitrogen and oxygen atoms in total. The van der Waals surface area contributed by atoms with Crippen LogP contribution in [0.1, 0.15) is 89.2 Å². The van der Waals surface area contributed by atoms with E-state index in [1.54, 1.807) is 5.56 Å². The molecule has 0 spiro atoms. The predicted octanol–water partition coefficient (Wildman–Crippen LogP) is 7.28. The predicted molar refractivity (Wildman–Crippen MR) is 125 cm³/mol. The largest absolute Gasteiger partial charge is 0.307 e. The van der Waals surface area contributed by atoms with Crippen LogP contribution in [0.3, 0.4) is 0 Å². The number of hydrogen-bond acceptors (Lipinski definition) is 1. The maximum Gasteiger partial charge on any atom is 0.0135 e. The van der Waals surface area contributed by atoms with E-state index in [4.69, 9.17) is 0 Å². The Morgan fingerprint density at radius 2 is 1.14 bits per heavy atom. The first-order valence-electron chi connectivity index (χ1n) is 11.7. The first-order valence-corrected chi connectivity index (χ1v) is 11.7. The van der Waals surface area contributed by atoms with Crippen molar-refractivity contribution in [2.75, 3.05) is 0 Å². The van der Waals surface area contributed by atoms with Crippen LogP contribution < -0.4 is 5.32 Å². The molecular formula is C28H39N. The lowest BCUT2D eigenvalue weighted by Crippen LogP contribution is -2.57. The summed E-state index contributed by atoms with van der Waals surface area (Å²) in [4.78, 5) is 0. The van der Waals surface area contributed by atoms with Gasteiger partial charge in [0.2, 0.25) is 0 Å². The van der Waals surface area contributed by atoms with Crippen LogP contribution in [0, 0.1) is 11.8 Å². The molecule has 156 valence electrons. The van der Waals surface area contributed by atoms with Crippen LogP contribution >= 0.6 is 0 Å². The molecule has 0 aromatic heterocycles. The number of piperidine rings is 1. The Hall–Kier alpha value is -1.60. The van der Waals surface area contributed by atoms with Crippen molar-refractivity contribution in [3.63, 3.8) is 0 Å². The van der Waals surface area contributed by atoms with Crippen molar-refractivity contribution < 1.29 is 0 Å². The van der Waals surface area contributed by atoms with Gasteiger partial charge in [-0.25, -0.2) is 0 Å². The summed E-state index contributed by atoms with van der Waals surface area (Å²) in [7, 11) is 0. The smallest absolute Gasteiger partial charge is 0.0135 e. The summed E-state index contributed by atoms with van der Waals surface area (Å²) in [6.45, 7) is 9.40. The highest BCUT2D eigenvalue weighted by Crippen LogP contribution is 2.42. The minimum atomic E-state index is 0.208. The van der Waals surface area contributed by atoms with Crippen LogP contribution in [0.4, 0.5) is 0 Å². The first kappa shape index (κ1) is 20.7. The molecule has 2 aliphatic carbocycles. The van der Waals surface area contributed by atoms with Crippen LogP contribution in [-0.4, -0.2) is 11.1 Å². The summed E-state index contributed by atoms with van der Waals surface area (Å²) in [5.41, 5.74) is 3.51. The van der Waals surface area contributed by atoms with E-state index in [0.29, 0.717) is 11.8 Å². The molecule has 1 heterocycles. The third-order valence-electron chi connectivity index (χ3n) is 7.39. The minimum Gasteiger partial charge on any atom is -0.307 e. The lowest BCUT2D eigenvalue weighted by atomic mass is 9.72. The summed E-state index contributed by atoms with van der Waals surface area (Å²) >= 11 is 0. The molecule has 0 unspecified atom stereocenters. The Kier molecular flexibility index (Phi) is 5.89. The normalized spacial score (nSPS) is 29.7. The number of benzene rings is 1. The summed E-state index contributed by atoms with van der Waals surface area (Å²) in [5, 5.41) is 3.82. The van der Waals surface area contributed by atoms with Gasteiger partial charge >= 0.3 is 0 Å². The van der Waals surface area contributed by atoms with Gasteiger partial charge in [0, 0.05) is 11.1 Å². The van der Waals surface area contributed by atoms with Gasteiger partial charge in [-0.05, 0) is 101 Å². The Balaban J connectivity index is 1.38. The molecular weight excluding hydrogens is 350 g/mol. The Labute approximate surface area is 178 Å². The lowest BCUT2D eigenvalue weighted by molar-refractivity contribution is 0.162.